The molecule has 0 aromatic rings. The molecular weight excluding hydrogens is 779 g/mol. The summed E-state index contributed by atoms with van der Waals surface area (Å²) in [7, 11) is 0. The average Bonchev–Trinajstić information content (AvgIpc) is 3.28. The van der Waals surface area contributed by atoms with Crippen molar-refractivity contribution in [1.29, 1.82) is 0 Å². The van der Waals surface area contributed by atoms with Gasteiger partial charge in [0, 0.05) is 6.42 Å². The third-order valence-corrected chi connectivity index (χ3v) is 11.6. The minimum absolute atomic E-state index is 0.0410. The van der Waals surface area contributed by atoms with E-state index in [0.717, 1.165) is 96.3 Å². The van der Waals surface area contributed by atoms with Gasteiger partial charge in [0.2, 0.25) is 5.91 Å². The quantitative estimate of drug-likeness (QED) is 0.0322. The molecule has 3 atom stereocenters. The molecule has 0 saturated carbocycles. The summed E-state index contributed by atoms with van der Waals surface area (Å²) in [5.41, 5.74) is 0. The van der Waals surface area contributed by atoms with E-state index in [2.05, 4.69) is 111 Å². The zero-order valence-corrected chi connectivity index (χ0v) is 41.2. The van der Waals surface area contributed by atoms with Gasteiger partial charge in [0.25, 0.3) is 0 Å². The van der Waals surface area contributed by atoms with E-state index in [9.17, 15) is 19.8 Å². The van der Waals surface area contributed by atoms with Crippen molar-refractivity contribution in [3.05, 3.63) is 85.1 Å². The van der Waals surface area contributed by atoms with Crippen LogP contribution >= 0.6 is 0 Å². The Morgan fingerprint density at radius 2 is 0.810 bits per heavy atom. The SMILES string of the molecule is CCCCC/C=C/C=C/C=C/C=C/CCCCCCCC(=O)OC(CCCCC/C=C/C=C/C=C/CCCCCCC)CC(=O)NC(CO)C(O)CCCCCCCCCCCC. The van der Waals surface area contributed by atoms with Gasteiger partial charge in [-0.15, -0.1) is 0 Å². The number of aliphatic hydroxyl groups excluding tert-OH is 2. The number of amides is 1. The lowest BCUT2D eigenvalue weighted by atomic mass is 10.0. The maximum absolute atomic E-state index is 13.2. The summed E-state index contributed by atoms with van der Waals surface area (Å²) in [6.07, 6.45) is 64.9. The van der Waals surface area contributed by atoms with Crippen LogP contribution in [0.25, 0.3) is 0 Å². The molecule has 6 heteroatoms. The number of rotatable bonds is 46. The summed E-state index contributed by atoms with van der Waals surface area (Å²) in [6, 6.07) is -0.722. The summed E-state index contributed by atoms with van der Waals surface area (Å²) in [6.45, 7) is 6.40. The van der Waals surface area contributed by atoms with E-state index in [-0.39, 0.29) is 24.9 Å². The number of ether oxygens (including phenoxy) is 1. The summed E-state index contributed by atoms with van der Waals surface area (Å²) in [5.74, 6) is -0.538. The highest BCUT2D eigenvalue weighted by Gasteiger charge is 2.24. The fourth-order valence-electron chi connectivity index (χ4n) is 7.56. The molecule has 0 fully saturated rings. The topological polar surface area (TPSA) is 95.9 Å². The number of hydrogen-bond donors (Lipinski definition) is 3. The predicted molar refractivity (Wildman–Crippen MR) is 273 cm³/mol. The monoisotopic (exact) mass is 878 g/mol. The molecule has 0 rings (SSSR count). The lowest BCUT2D eigenvalue weighted by molar-refractivity contribution is -0.151. The predicted octanol–water partition coefficient (Wildman–Crippen LogP) is 16.0. The van der Waals surface area contributed by atoms with Gasteiger partial charge in [0.1, 0.15) is 6.10 Å². The fraction of sp³-hybridized carbons (Fsp3) is 0.719. The first-order chi connectivity index (χ1) is 31.0. The summed E-state index contributed by atoms with van der Waals surface area (Å²) >= 11 is 0. The highest BCUT2D eigenvalue weighted by Crippen LogP contribution is 2.17. The van der Waals surface area contributed by atoms with Gasteiger partial charge in [0.05, 0.1) is 25.2 Å². The van der Waals surface area contributed by atoms with Crippen LogP contribution in [0.15, 0.2) is 85.1 Å². The standard InChI is InChI=1S/C57H99NO5/c1-4-7-10-13-16-19-22-24-26-28-29-31-33-35-38-41-44-47-50-57(62)63-53(48-45-42-39-36-34-32-30-27-25-23-20-17-14-11-8-5-2)51-56(61)58-54(52-59)55(60)49-46-43-40-37-21-18-15-12-9-6-3/h16,19,22-32,34,53-55,59-60H,4-15,17-18,20-21,33,35-52H2,1-3H3,(H,58,61)/b19-16+,24-22+,25-23+,28-26+,30-27+,31-29+,34-32+. The maximum Gasteiger partial charge on any atom is 0.306 e. The van der Waals surface area contributed by atoms with Crippen molar-refractivity contribution in [2.24, 2.45) is 0 Å². The number of nitrogens with one attached hydrogen (secondary N) is 1. The van der Waals surface area contributed by atoms with Gasteiger partial charge >= 0.3 is 5.97 Å². The number of allylic oxidation sites excluding steroid dienone is 14. The van der Waals surface area contributed by atoms with Crippen molar-refractivity contribution in [2.75, 3.05) is 6.61 Å². The molecular formula is C57H99NO5. The van der Waals surface area contributed by atoms with Crippen LogP contribution in [0.3, 0.4) is 0 Å². The first-order valence-corrected chi connectivity index (χ1v) is 26.4. The van der Waals surface area contributed by atoms with Crippen LogP contribution in [0.2, 0.25) is 0 Å². The van der Waals surface area contributed by atoms with E-state index in [4.69, 9.17) is 4.74 Å². The number of unbranched alkanes of at least 4 members (excludes halogenated alkanes) is 25. The first kappa shape index (κ1) is 60.0. The normalized spacial score (nSPS) is 13.9. The molecule has 0 aromatic heterocycles. The second-order valence-corrected chi connectivity index (χ2v) is 17.7. The Bertz CT molecular complexity index is 1210. The Labute approximate surface area is 389 Å². The fourth-order valence-corrected chi connectivity index (χ4v) is 7.56. The molecule has 0 spiro atoms. The van der Waals surface area contributed by atoms with Crippen LogP contribution in [0.4, 0.5) is 0 Å². The third kappa shape index (κ3) is 45.4. The Morgan fingerprint density at radius 3 is 1.27 bits per heavy atom. The molecule has 63 heavy (non-hydrogen) atoms. The molecule has 0 bridgehead atoms. The Morgan fingerprint density at radius 1 is 0.460 bits per heavy atom. The minimum Gasteiger partial charge on any atom is -0.462 e. The van der Waals surface area contributed by atoms with Gasteiger partial charge in [0.15, 0.2) is 0 Å². The molecule has 3 unspecified atom stereocenters. The molecule has 362 valence electrons. The Hall–Kier alpha value is -2.96. The molecule has 0 saturated heterocycles. The molecule has 0 aliphatic carbocycles. The summed E-state index contributed by atoms with van der Waals surface area (Å²) < 4.78 is 5.91. The smallest absolute Gasteiger partial charge is 0.306 e. The highest BCUT2D eigenvalue weighted by atomic mass is 16.5. The van der Waals surface area contributed by atoms with Gasteiger partial charge in [-0.25, -0.2) is 0 Å². The summed E-state index contributed by atoms with van der Waals surface area (Å²) in [4.78, 5) is 26.2. The van der Waals surface area contributed by atoms with Crippen molar-refractivity contribution in [3.63, 3.8) is 0 Å². The molecule has 3 N–H and O–H groups in total. The first-order valence-electron chi connectivity index (χ1n) is 26.4. The molecule has 0 aliphatic heterocycles. The van der Waals surface area contributed by atoms with Gasteiger partial charge in [-0.3, -0.25) is 9.59 Å². The molecule has 6 nitrogen and oxygen atoms in total. The highest BCUT2D eigenvalue weighted by molar-refractivity contribution is 5.77. The number of carbonyl (C=O) groups is 2. The second kappa shape index (κ2) is 50.0. The third-order valence-electron chi connectivity index (χ3n) is 11.6. The van der Waals surface area contributed by atoms with E-state index in [1.54, 1.807) is 0 Å². The van der Waals surface area contributed by atoms with Crippen LogP contribution in [0, 0.1) is 0 Å². The lowest BCUT2D eigenvalue weighted by Gasteiger charge is -2.24. The number of carbonyl (C=O) groups excluding carboxylic acids is 2. The van der Waals surface area contributed by atoms with Crippen molar-refractivity contribution in [3.8, 4) is 0 Å². The molecule has 0 aromatic carbocycles. The Kier molecular flexibility index (Phi) is 47.7. The van der Waals surface area contributed by atoms with Gasteiger partial charge in [-0.2, -0.15) is 0 Å². The van der Waals surface area contributed by atoms with Crippen LogP contribution in [-0.4, -0.2) is 46.9 Å². The van der Waals surface area contributed by atoms with Gasteiger partial charge in [-0.1, -0.05) is 234 Å². The van der Waals surface area contributed by atoms with Crippen LogP contribution in [0.5, 0.6) is 0 Å². The van der Waals surface area contributed by atoms with Crippen molar-refractivity contribution >= 4 is 11.9 Å². The molecule has 0 radical (unpaired) electrons. The number of aliphatic hydroxyl groups is 2. The van der Waals surface area contributed by atoms with Crippen molar-refractivity contribution in [2.45, 2.75) is 257 Å². The van der Waals surface area contributed by atoms with E-state index < -0.39 is 18.2 Å². The van der Waals surface area contributed by atoms with E-state index in [0.29, 0.717) is 19.3 Å². The van der Waals surface area contributed by atoms with Gasteiger partial charge in [-0.05, 0) is 77.0 Å². The Balaban J connectivity index is 4.72. The summed E-state index contributed by atoms with van der Waals surface area (Å²) in [5, 5.41) is 23.7. The molecule has 0 heterocycles. The minimum atomic E-state index is -0.805. The van der Waals surface area contributed by atoms with E-state index in [1.165, 1.54) is 96.3 Å². The van der Waals surface area contributed by atoms with Crippen LogP contribution in [-0.2, 0) is 14.3 Å². The van der Waals surface area contributed by atoms with Crippen LogP contribution < -0.4 is 5.32 Å². The number of esters is 1. The maximum atomic E-state index is 13.2. The number of hydrogen-bond acceptors (Lipinski definition) is 5. The average molecular weight is 878 g/mol. The van der Waals surface area contributed by atoms with Crippen molar-refractivity contribution < 1.29 is 24.5 Å². The lowest BCUT2D eigenvalue weighted by Crippen LogP contribution is -2.46. The zero-order valence-electron chi connectivity index (χ0n) is 41.2. The zero-order chi connectivity index (χ0) is 45.9. The van der Waals surface area contributed by atoms with Crippen LogP contribution in [0.1, 0.15) is 239 Å². The van der Waals surface area contributed by atoms with Crippen molar-refractivity contribution in [1.82, 2.24) is 5.32 Å². The second-order valence-electron chi connectivity index (χ2n) is 17.7. The molecule has 1 amide bonds. The largest absolute Gasteiger partial charge is 0.462 e. The van der Waals surface area contributed by atoms with E-state index in [1.807, 2.05) is 0 Å². The molecule has 0 aliphatic rings. The van der Waals surface area contributed by atoms with E-state index >= 15 is 0 Å². The van der Waals surface area contributed by atoms with Gasteiger partial charge < -0.3 is 20.3 Å².